The average Bonchev–Trinajstić information content (AvgIpc) is 3.28. The second-order valence-electron chi connectivity index (χ2n) is 7.66. The molecule has 1 aromatic carbocycles. The van der Waals surface area contributed by atoms with E-state index in [-0.39, 0.29) is 11.9 Å². The number of amides is 1. The van der Waals surface area contributed by atoms with Gasteiger partial charge < -0.3 is 30.3 Å². The zero-order chi connectivity index (χ0) is 22.9. The minimum atomic E-state index is -0.0941. The number of aryl methyl sites for hydroxylation is 1. The first-order valence-electron chi connectivity index (χ1n) is 10.7. The number of aromatic nitrogens is 1. The number of anilines is 2. The molecule has 1 aliphatic rings. The van der Waals surface area contributed by atoms with E-state index in [1.807, 2.05) is 31.2 Å². The van der Waals surface area contributed by atoms with Crippen LogP contribution in [0.1, 0.15) is 18.4 Å². The lowest BCUT2D eigenvalue weighted by molar-refractivity contribution is -0.116. The summed E-state index contributed by atoms with van der Waals surface area (Å²) in [6.07, 6.45) is 3.02. The molecule has 1 aliphatic heterocycles. The summed E-state index contributed by atoms with van der Waals surface area (Å²) in [5, 5.41) is 9.45. The number of guanidine groups is 1. The van der Waals surface area contributed by atoms with Crippen LogP contribution in [0.15, 0.2) is 41.5 Å². The number of ether oxygens (including phenoxy) is 2. The smallest absolute Gasteiger partial charge is 0.227 e. The molecule has 2 aromatic rings. The van der Waals surface area contributed by atoms with E-state index in [9.17, 15) is 4.79 Å². The van der Waals surface area contributed by atoms with Gasteiger partial charge in [-0.1, -0.05) is 6.07 Å². The van der Waals surface area contributed by atoms with Gasteiger partial charge in [0.05, 0.1) is 14.2 Å². The third kappa shape index (κ3) is 6.50. The fourth-order valence-corrected chi connectivity index (χ4v) is 3.52. The molecular weight excluding hydrogens is 408 g/mol. The molecule has 0 bridgehead atoms. The summed E-state index contributed by atoms with van der Waals surface area (Å²) in [5.74, 6) is 2.69. The number of carbonyl (C=O) groups is 1. The number of benzene rings is 1. The molecule has 32 heavy (non-hydrogen) atoms. The maximum Gasteiger partial charge on any atom is 0.227 e. The van der Waals surface area contributed by atoms with Gasteiger partial charge in [0, 0.05) is 69.2 Å². The molecule has 0 radical (unpaired) electrons. The highest BCUT2D eigenvalue weighted by molar-refractivity contribution is 5.90. The molecule has 1 unspecified atom stereocenters. The van der Waals surface area contributed by atoms with Crippen molar-refractivity contribution in [2.24, 2.45) is 4.99 Å². The van der Waals surface area contributed by atoms with Crippen molar-refractivity contribution in [2.45, 2.75) is 25.8 Å². The lowest BCUT2D eigenvalue weighted by atomic mass is 10.2. The largest absolute Gasteiger partial charge is 0.497 e. The topological polar surface area (TPSA) is 100 Å². The molecule has 3 rings (SSSR count). The fourth-order valence-electron chi connectivity index (χ4n) is 3.52. The quantitative estimate of drug-likeness (QED) is 0.427. The summed E-state index contributed by atoms with van der Waals surface area (Å²) in [7, 11) is 5.03. The highest BCUT2D eigenvalue weighted by Gasteiger charge is 2.24. The van der Waals surface area contributed by atoms with Gasteiger partial charge in [-0.25, -0.2) is 4.98 Å². The molecule has 2 heterocycles. The van der Waals surface area contributed by atoms with E-state index < -0.39 is 0 Å². The van der Waals surface area contributed by atoms with Crippen molar-refractivity contribution in [1.29, 1.82) is 0 Å². The Morgan fingerprint density at radius 1 is 1.22 bits per heavy atom. The van der Waals surface area contributed by atoms with Crippen LogP contribution in [-0.2, 0) is 4.79 Å². The lowest BCUT2D eigenvalue weighted by Crippen LogP contribution is -2.45. The SMILES string of the molecule is CN=C(NCCC(=O)Nc1ccc(C)cn1)NC1CCN(c2cc(OC)cc(OC)c2)C1. The molecule has 9 nitrogen and oxygen atoms in total. The summed E-state index contributed by atoms with van der Waals surface area (Å²) in [5.41, 5.74) is 2.12. The van der Waals surface area contributed by atoms with Crippen LogP contribution in [0.2, 0.25) is 0 Å². The van der Waals surface area contributed by atoms with Crippen LogP contribution in [0.25, 0.3) is 0 Å². The van der Waals surface area contributed by atoms with Gasteiger partial charge in [-0.2, -0.15) is 0 Å². The zero-order valence-corrected chi connectivity index (χ0v) is 19.1. The minimum absolute atomic E-state index is 0.0941. The molecular formula is C23H32N6O3. The summed E-state index contributed by atoms with van der Waals surface area (Å²) in [6, 6.07) is 9.85. The highest BCUT2D eigenvalue weighted by atomic mass is 16.5. The van der Waals surface area contributed by atoms with E-state index in [4.69, 9.17) is 9.47 Å². The second kappa shape index (κ2) is 11.2. The average molecular weight is 441 g/mol. The van der Waals surface area contributed by atoms with E-state index in [2.05, 4.69) is 30.8 Å². The van der Waals surface area contributed by atoms with Crippen molar-refractivity contribution >= 4 is 23.4 Å². The maximum atomic E-state index is 12.1. The van der Waals surface area contributed by atoms with Crippen molar-refractivity contribution in [3.05, 3.63) is 42.1 Å². The van der Waals surface area contributed by atoms with Crippen molar-refractivity contribution in [3.63, 3.8) is 0 Å². The van der Waals surface area contributed by atoms with E-state index in [1.54, 1.807) is 33.5 Å². The number of hydrogen-bond acceptors (Lipinski definition) is 6. The van der Waals surface area contributed by atoms with E-state index >= 15 is 0 Å². The van der Waals surface area contributed by atoms with Crippen molar-refractivity contribution in [2.75, 3.05) is 51.1 Å². The monoisotopic (exact) mass is 440 g/mol. The van der Waals surface area contributed by atoms with Crippen LogP contribution in [-0.4, -0.2) is 63.8 Å². The van der Waals surface area contributed by atoms with Crippen LogP contribution in [0.5, 0.6) is 11.5 Å². The molecule has 1 aromatic heterocycles. The first kappa shape index (κ1) is 23.2. The van der Waals surface area contributed by atoms with E-state index in [1.165, 1.54) is 0 Å². The number of nitrogens with zero attached hydrogens (tertiary/aromatic N) is 3. The van der Waals surface area contributed by atoms with Crippen molar-refractivity contribution in [3.8, 4) is 11.5 Å². The van der Waals surface area contributed by atoms with Gasteiger partial charge in [0.1, 0.15) is 17.3 Å². The Labute approximate surface area is 189 Å². The molecule has 1 atom stereocenters. The van der Waals surface area contributed by atoms with Gasteiger partial charge in [-0.3, -0.25) is 9.79 Å². The van der Waals surface area contributed by atoms with E-state index in [0.717, 1.165) is 42.3 Å². The first-order valence-corrected chi connectivity index (χ1v) is 10.7. The zero-order valence-electron chi connectivity index (χ0n) is 19.1. The Morgan fingerprint density at radius 2 is 1.97 bits per heavy atom. The third-order valence-corrected chi connectivity index (χ3v) is 5.28. The lowest BCUT2D eigenvalue weighted by Gasteiger charge is -2.21. The Hall–Kier alpha value is -3.49. The number of nitrogens with one attached hydrogen (secondary N) is 3. The van der Waals surface area contributed by atoms with Crippen LogP contribution < -0.4 is 30.3 Å². The molecule has 9 heteroatoms. The number of carbonyl (C=O) groups excluding carboxylic acids is 1. The molecule has 172 valence electrons. The Morgan fingerprint density at radius 3 is 2.59 bits per heavy atom. The molecule has 1 saturated heterocycles. The molecule has 3 N–H and O–H groups in total. The molecule has 0 saturated carbocycles. The normalized spacial score (nSPS) is 15.9. The highest BCUT2D eigenvalue weighted by Crippen LogP contribution is 2.30. The standard InChI is InChI=1S/C23H32N6O3/c1-16-5-6-21(26-14-16)28-22(30)7-9-25-23(24-2)27-17-8-10-29(15-17)18-11-19(31-3)13-20(12-18)32-4/h5-6,11-14,17H,7-10,15H2,1-4H3,(H2,24,25,27)(H,26,28,30). The Balaban J connectivity index is 1.45. The number of pyridine rings is 1. The summed E-state index contributed by atoms with van der Waals surface area (Å²) in [4.78, 5) is 22.9. The number of methoxy groups -OCH3 is 2. The number of rotatable bonds is 8. The first-order chi connectivity index (χ1) is 15.5. The van der Waals surface area contributed by atoms with Gasteiger partial charge in [0.15, 0.2) is 5.96 Å². The van der Waals surface area contributed by atoms with Crippen LogP contribution in [0, 0.1) is 6.92 Å². The molecule has 0 aliphatic carbocycles. The minimum Gasteiger partial charge on any atom is -0.497 e. The Bertz CT molecular complexity index is 910. The van der Waals surface area contributed by atoms with Crippen LogP contribution in [0.4, 0.5) is 11.5 Å². The molecule has 1 fully saturated rings. The predicted octanol–water partition coefficient (Wildman–Crippen LogP) is 2.18. The van der Waals surface area contributed by atoms with Crippen molar-refractivity contribution < 1.29 is 14.3 Å². The maximum absolute atomic E-state index is 12.1. The summed E-state index contributed by atoms with van der Waals surface area (Å²) < 4.78 is 10.8. The van der Waals surface area contributed by atoms with E-state index in [0.29, 0.717) is 24.7 Å². The van der Waals surface area contributed by atoms with Gasteiger partial charge in [-0.05, 0) is 25.0 Å². The van der Waals surface area contributed by atoms with Crippen molar-refractivity contribution in [1.82, 2.24) is 15.6 Å². The summed E-state index contributed by atoms with van der Waals surface area (Å²) >= 11 is 0. The van der Waals surface area contributed by atoms with Gasteiger partial charge in [0.25, 0.3) is 0 Å². The van der Waals surface area contributed by atoms with Gasteiger partial charge >= 0.3 is 0 Å². The third-order valence-electron chi connectivity index (χ3n) is 5.28. The number of hydrogen-bond donors (Lipinski definition) is 3. The van der Waals surface area contributed by atoms with Gasteiger partial charge in [-0.15, -0.1) is 0 Å². The molecule has 0 spiro atoms. The van der Waals surface area contributed by atoms with Gasteiger partial charge in [0.2, 0.25) is 5.91 Å². The molecule has 1 amide bonds. The fraction of sp³-hybridized carbons (Fsp3) is 0.435. The number of aliphatic imine (C=N–C) groups is 1. The second-order valence-corrected chi connectivity index (χ2v) is 7.66. The Kier molecular flexibility index (Phi) is 8.13. The predicted molar refractivity (Wildman–Crippen MR) is 127 cm³/mol. The summed E-state index contributed by atoms with van der Waals surface area (Å²) in [6.45, 7) is 4.17. The van der Waals surface area contributed by atoms with Crippen LogP contribution in [0.3, 0.4) is 0 Å². The van der Waals surface area contributed by atoms with Crippen LogP contribution >= 0.6 is 0 Å².